The predicted octanol–water partition coefficient (Wildman–Crippen LogP) is 3.04. The maximum Gasteiger partial charge on any atom is 0.320 e. The van der Waals surface area contributed by atoms with Crippen molar-refractivity contribution in [3.05, 3.63) is 47.2 Å². The maximum atomic E-state index is 9.67. The van der Waals surface area contributed by atoms with E-state index in [0.29, 0.717) is 41.7 Å². The molecule has 1 saturated heterocycles. The molecule has 8 nitrogen and oxygen atoms in total. The molecule has 0 amide bonds. The van der Waals surface area contributed by atoms with Crippen molar-refractivity contribution in [1.29, 1.82) is 5.26 Å². The SMILES string of the molecule is CCCCOc1nc(N)c2cc(C#N)n(Cc3ccc(CN4CCC(N)CC4)cc3)c2n1. The van der Waals surface area contributed by atoms with Crippen molar-refractivity contribution in [3.8, 4) is 12.1 Å². The van der Waals surface area contributed by atoms with Crippen LogP contribution in [0.25, 0.3) is 11.0 Å². The molecule has 8 heteroatoms. The lowest BCUT2D eigenvalue weighted by Crippen LogP contribution is -2.39. The van der Waals surface area contributed by atoms with Crippen molar-refractivity contribution >= 4 is 16.9 Å². The van der Waals surface area contributed by atoms with Gasteiger partial charge in [0.05, 0.1) is 18.5 Å². The van der Waals surface area contributed by atoms with Gasteiger partial charge in [0.2, 0.25) is 0 Å². The molecular formula is C24H31N7O. The van der Waals surface area contributed by atoms with E-state index in [0.717, 1.165) is 50.9 Å². The Morgan fingerprint density at radius 3 is 2.47 bits per heavy atom. The van der Waals surface area contributed by atoms with Gasteiger partial charge >= 0.3 is 6.01 Å². The molecule has 0 aliphatic carbocycles. The Kier molecular flexibility index (Phi) is 6.88. The lowest BCUT2D eigenvalue weighted by Gasteiger charge is -2.30. The Balaban J connectivity index is 1.53. The van der Waals surface area contributed by atoms with Gasteiger partial charge in [-0.2, -0.15) is 15.2 Å². The third-order valence-electron chi connectivity index (χ3n) is 6.01. The van der Waals surface area contributed by atoms with Gasteiger partial charge in [0.25, 0.3) is 0 Å². The molecule has 1 fully saturated rings. The zero-order chi connectivity index (χ0) is 22.5. The zero-order valence-electron chi connectivity index (χ0n) is 18.6. The molecule has 3 aromatic rings. The van der Waals surface area contributed by atoms with Crippen LogP contribution < -0.4 is 16.2 Å². The molecule has 1 aliphatic rings. The van der Waals surface area contributed by atoms with Crippen LogP contribution in [-0.2, 0) is 13.1 Å². The Hall–Kier alpha value is -3.15. The minimum absolute atomic E-state index is 0.254. The first-order valence-electron chi connectivity index (χ1n) is 11.3. The summed E-state index contributed by atoms with van der Waals surface area (Å²) in [4.78, 5) is 11.3. The summed E-state index contributed by atoms with van der Waals surface area (Å²) < 4.78 is 7.54. The Labute approximate surface area is 188 Å². The summed E-state index contributed by atoms with van der Waals surface area (Å²) in [6, 6.07) is 13.1. The fourth-order valence-electron chi connectivity index (χ4n) is 4.05. The van der Waals surface area contributed by atoms with E-state index in [2.05, 4.69) is 52.1 Å². The van der Waals surface area contributed by atoms with Crippen LogP contribution in [0.1, 0.15) is 49.4 Å². The van der Waals surface area contributed by atoms with Crippen LogP contribution in [-0.4, -0.2) is 45.2 Å². The number of anilines is 1. The molecule has 32 heavy (non-hydrogen) atoms. The summed E-state index contributed by atoms with van der Waals surface area (Å²) in [5, 5.41) is 10.3. The monoisotopic (exact) mass is 433 g/mol. The molecule has 0 unspecified atom stereocenters. The number of likely N-dealkylation sites (tertiary alicyclic amines) is 1. The highest BCUT2D eigenvalue weighted by atomic mass is 16.5. The molecule has 0 bridgehead atoms. The molecule has 168 valence electrons. The van der Waals surface area contributed by atoms with Crippen LogP contribution in [0, 0.1) is 11.3 Å². The third kappa shape index (κ3) is 5.01. The van der Waals surface area contributed by atoms with Crippen LogP contribution in [0.3, 0.4) is 0 Å². The average molecular weight is 434 g/mol. The van der Waals surface area contributed by atoms with Gasteiger partial charge in [-0.3, -0.25) is 4.90 Å². The normalized spacial score (nSPS) is 15.2. The molecule has 0 spiro atoms. The largest absolute Gasteiger partial charge is 0.463 e. The molecular weight excluding hydrogens is 402 g/mol. The Morgan fingerprint density at radius 1 is 1.12 bits per heavy atom. The van der Waals surface area contributed by atoms with Crippen LogP contribution in [0.2, 0.25) is 0 Å². The van der Waals surface area contributed by atoms with Gasteiger partial charge in [-0.05, 0) is 49.5 Å². The molecule has 1 aromatic carbocycles. The lowest BCUT2D eigenvalue weighted by molar-refractivity contribution is 0.205. The predicted molar refractivity (Wildman–Crippen MR) is 125 cm³/mol. The van der Waals surface area contributed by atoms with Crippen LogP contribution in [0.4, 0.5) is 5.82 Å². The molecule has 0 saturated carbocycles. The van der Waals surface area contributed by atoms with Gasteiger partial charge in [-0.1, -0.05) is 37.6 Å². The number of hydrogen-bond donors (Lipinski definition) is 2. The fourth-order valence-corrected chi connectivity index (χ4v) is 4.05. The standard InChI is InChI=1S/C24H31N7O/c1-2-3-12-32-24-28-22(27)21-13-20(14-25)31(23(21)29-24)16-18-6-4-17(5-7-18)15-30-10-8-19(26)9-11-30/h4-7,13,19H,2-3,8-12,15-16,26H2,1H3,(H2,27,28,29). The molecule has 0 radical (unpaired) electrons. The summed E-state index contributed by atoms with van der Waals surface area (Å²) in [5.74, 6) is 0.327. The van der Waals surface area contributed by atoms with Crippen molar-refractivity contribution < 1.29 is 4.74 Å². The van der Waals surface area contributed by atoms with E-state index in [1.54, 1.807) is 6.07 Å². The van der Waals surface area contributed by atoms with Gasteiger partial charge in [0.15, 0.2) is 5.65 Å². The number of piperidine rings is 1. The molecule has 1 aliphatic heterocycles. The van der Waals surface area contributed by atoms with Crippen molar-refractivity contribution in [2.24, 2.45) is 5.73 Å². The van der Waals surface area contributed by atoms with Crippen LogP contribution in [0.5, 0.6) is 6.01 Å². The first-order valence-corrected chi connectivity index (χ1v) is 11.3. The van der Waals surface area contributed by atoms with Gasteiger partial charge < -0.3 is 20.8 Å². The second kappa shape index (κ2) is 9.98. The number of nitrogen functional groups attached to an aromatic ring is 1. The summed E-state index contributed by atoms with van der Waals surface area (Å²) in [5.41, 5.74) is 15.6. The number of aromatic nitrogens is 3. The van der Waals surface area contributed by atoms with E-state index in [1.807, 2.05) is 4.57 Å². The van der Waals surface area contributed by atoms with Crippen molar-refractivity contribution in [3.63, 3.8) is 0 Å². The number of nitriles is 1. The Bertz CT molecular complexity index is 1090. The number of unbranched alkanes of at least 4 members (excludes halogenated alkanes) is 1. The fraction of sp³-hybridized carbons (Fsp3) is 0.458. The van der Waals surface area contributed by atoms with E-state index in [1.165, 1.54) is 5.56 Å². The highest BCUT2D eigenvalue weighted by Crippen LogP contribution is 2.26. The topological polar surface area (TPSA) is 119 Å². The number of ether oxygens (including phenoxy) is 1. The summed E-state index contributed by atoms with van der Waals surface area (Å²) >= 11 is 0. The number of hydrogen-bond acceptors (Lipinski definition) is 7. The van der Waals surface area contributed by atoms with Gasteiger partial charge in [-0.15, -0.1) is 0 Å². The van der Waals surface area contributed by atoms with Crippen molar-refractivity contribution in [2.75, 3.05) is 25.4 Å². The molecule has 4 rings (SSSR count). The van der Waals surface area contributed by atoms with Crippen LogP contribution >= 0.6 is 0 Å². The second-order valence-electron chi connectivity index (χ2n) is 8.49. The number of rotatable bonds is 8. The van der Waals surface area contributed by atoms with E-state index >= 15 is 0 Å². The quantitative estimate of drug-likeness (QED) is 0.524. The third-order valence-corrected chi connectivity index (χ3v) is 6.01. The first kappa shape index (κ1) is 22.1. The minimum Gasteiger partial charge on any atom is -0.463 e. The van der Waals surface area contributed by atoms with Crippen molar-refractivity contribution in [1.82, 2.24) is 19.4 Å². The van der Waals surface area contributed by atoms with E-state index < -0.39 is 0 Å². The average Bonchev–Trinajstić information content (AvgIpc) is 3.15. The maximum absolute atomic E-state index is 9.67. The highest BCUT2D eigenvalue weighted by molar-refractivity contribution is 5.88. The smallest absolute Gasteiger partial charge is 0.320 e. The summed E-state index contributed by atoms with van der Waals surface area (Å²) in [6.45, 7) is 6.19. The number of fused-ring (bicyclic) bond motifs is 1. The first-order chi connectivity index (χ1) is 15.6. The van der Waals surface area contributed by atoms with Crippen molar-refractivity contribution in [2.45, 2.75) is 51.7 Å². The Morgan fingerprint density at radius 2 is 1.81 bits per heavy atom. The molecule has 0 atom stereocenters. The number of nitrogens with two attached hydrogens (primary N) is 2. The van der Waals surface area contributed by atoms with Crippen LogP contribution in [0.15, 0.2) is 30.3 Å². The van der Waals surface area contributed by atoms with E-state index in [4.69, 9.17) is 16.2 Å². The summed E-state index contributed by atoms with van der Waals surface area (Å²) in [7, 11) is 0. The van der Waals surface area contributed by atoms with Gasteiger partial charge in [-0.25, -0.2) is 0 Å². The zero-order valence-corrected chi connectivity index (χ0v) is 18.6. The minimum atomic E-state index is 0.254. The molecule has 3 heterocycles. The number of benzene rings is 1. The van der Waals surface area contributed by atoms with E-state index in [-0.39, 0.29) is 6.01 Å². The van der Waals surface area contributed by atoms with E-state index in [9.17, 15) is 5.26 Å². The summed E-state index contributed by atoms with van der Waals surface area (Å²) in [6.07, 6.45) is 4.06. The number of nitrogens with zero attached hydrogens (tertiary/aromatic N) is 5. The second-order valence-corrected chi connectivity index (χ2v) is 8.49. The lowest BCUT2D eigenvalue weighted by atomic mass is 10.0. The molecule has 2 aromatic heterocycles. The van der Waals surface area contributed by atoms with Gasteiger partial charge in [0, 0.05) is 12.6 Å². The molecule has 4 N–H and O–H groups in total. The highest BCUT2D eigenvalue weighted by Gasteiger charge is 2.17. The van der Waals surface area contributed by atoms with Gasteiger partial charge in [0.1, 0.15) is 17.6 Å².